The van der Waals surface area contributed by atoms with Crippen molar-refractivity contribution in [2.45, 2.75) is 20.3 Å². The van der Waals surface area contributed by atoms with Crippen LogP contribution >= 0.6 is 18.9 Å². The number of hydroxylamine groups is 1. The van der Waals surface area contributed by atoms with Crippen molar-refractivity contribution in [2.24, 2.45) is 13.0 Å². The van der Waals surface area contributed by atoms with Gasteiger partial charge in [-0.05, 0) is 18.0 Å². The summed E-state index contributed by atoms with van der Waals surface area (Å²) in [4.78, 5) is 15.6. The third kappa shape index (κ3) is 3.24. The molecule has 1 aliphatic heterocycles. The maximum Gasteiger partial charge on any atom is 0.267 e. The van der Waals surface area contributed by atoms with E-state index in [9.17, 15) is 4.79 Å². The second-order valence-corrected chi connectivity index (χ2v) is 8.94. The fraction of sp³-hybridized carbons (Fsp3) is 0.385. The van der Waals surface area contributed by atoms with Gasteiger partial charge in [0.2, 0.25) is 0 Å². The Morgan fingerprint density at radius 1 is 1.58 bits per heavy atom. The monoisotopic (exact) mass is 375 g/mol. The van der Waals surface area contributed by atoms with Crippen molar-refractivity contribution in [2.75, 3.05) is 0 Å². The van der Waals surface area contributed by atoms with E-state index in [0.717, 1.165) is 23.6 Å². The molecule has 0 saturated carbocycles. The van der Waals surface area contributed by atoms with Crippen LogP contribution in [0.3, 0.4) is 0 Å². The summed E-state index contributed by atoms with van der Waals surface area (Å²) in [5.74, 6) is 1.22. The van der Waals surface area contributed by atoms with Crippen LogP contribution in [0.4, 0.5) is 0 Å². The number of halogens is 1. The average Bonchev–Trinajstić information content (AvgIpc) is 2.87. The average molecular weight is 375 g/mol. The Morgan fingerprint density at radius 3 is 2.89 bits per heavy atom. The van der Waals surface area contributed by atoms with E-state index in [1.807, 2.05) is 11.1 Å². The van der Waals surface area contributed by atoms with Gasteiger partial charge in [-0.25, -0.2) is 10.5 Å². The molecule has 0 aliphatic carbocycles. The van der Waals surface area contributed by atoms with Crippen LogP contribution in [0.25, 0.3) is 0 Å². The molecule has 0 fully saturated rings. The maximum absolute atomic E-state index is 11.0. The standard InChI is InChI=1S/C13H18IN3O2/c1-9(2)6-12-15-10-7-14(5-4-13(18)16-19)8-11(10)17(12)3/h4-5,7-9,19H,6H2,1-3H3,(H,16,18)/b5-4+. The Kier molecular flexibility index (Phi) is 4.41. The van der Waals surface area contributed by atoms with Crippen molar-refractivity contribution in [3.05, 3.63) is 27.4 Å². The molecule has 1 aromatic rings. The molecular formula is C13H18IN3O2. The van der Waals surface area contributed by atoms with Gasteiger partial charge in [0.05, 0.1) is 11.4 Å². The van der Waals surface area contributed by atoms with Gasteiger partial charge >= 0.3 is 0 Å². The minimum atomic E-state index is -1.54. The first-order valence-electron chi connectivity index (χ1n) is 6.04. The molecule has 0 radical (unpaired) electrons. The van der Waals surface area contributed by atoms with Crippen molar-refractivity contribution in [3.63, 3.8) is 0 Å². The molecule has 1 aliphatic rings. The number of fused-ring (bicyclic) bond motifs is 1. The minimum Gasteiger partial charge on any atom is -0.331 e. The number of amides is 1. The first-order chi connectivity index (χ1) is 9.01. The summed E-state index contributed by atoms with van der Waals surface area (Å²) < 4.78 is 8.42. The van der Waals surface area contributed by atoms with E-state index in [1.165, 1.54) is 6.08 Å². The number of hydrogen-bond acceptors (Lipinski definition) is 3. The molecule has 1 amide bonds. The lowest BCUT2D eigenvalue weighted by molar-refractivity contribution is -0.124. The van der Waals surface area contributed by atoms with Crippen LogP contribution < -0.4 is 5.48 Å². The van der Waals surface area contributed by atoms with Crippen LogP contribution in [0.2, 0.25) is 0 Å². The molecule has 2 heterocycles. The van der Waals surface area contributed by atoms with Gasteiger partial charge in [-0.1, -0.05) is 13.8 Å². The SMILES string of the molecule is CC(C)Cc1nc2c(n1C)C=I(/C=C/C(=O)NO)=C2. The van der Waals surface area contributed by atoms with Crippen molar-refractivity contribution < 1.29 is 10.0 Å². The van der Waals surface area contributed by atoms with Crippen molar-refractivity contribution in [1.29, 1.82) is 0 Å². The molecule has 0 aromatic carbocycles. The Balaban J connectivity index is 2.21. The third-order valence-corrected chi connectivity index (χ3v) is 6.59. The maximum atomic E-state index is 11.0. The molecule has 1 aromatic heterocycles. The highest BCUT2D eigenvalue weighted by Gasteiger charge is 2.15. The lowest BCUT2D eigenvalue weighted by Gasteiger charge is -2.05. The molecule has 104 valence electrons. The number of rotatable bonds is 4. The lowest BCUT2D eigenvalue weighted by Crippen LogP contribution is -2.14. The summed E-state index contributed by atoms with van der Waals surface area (Å²) >= 11 is -1.54. The molecule has 5 nitrogen and oxygen atoms in total. The van der Waals surface area contributed by atoms with Crippen molar-refractivity contribution >= 4 is 32.8 Å². The summed E-state index contributed by atoms with van der Waals surface area (Å²) in [5.41, 5.74) is 3.80. The topological polar surface area (TPSA) is 67.2 Å². The molecular weight excluding hydrogens is 357 g/mol. The van der Waals surface area contributed by atoms with E-state index in [0.29, 0.717) is 5.92 Å². The highest BCUT2D eigenvalue weighted by Crippen LogP contribution is 2.25. The number of hydrogen-bond donors (Lipinski definition) is 2. The van der Waals surface area contributed by atoms with Gasteiger partial charge in [0.25, 0.3) is 5.91 Å². The zero-order valence-electron chi connectivity index (χ0n) is 11.2. The summed E-state index contributed by atoms with van der Waals surface area (Å²) in [7, 11) is 2.04. The Bertz CT molecular complexity index is 620. The molecule has 0 saturated heterocycles. The highest BCUT2D eigenvalue weighted by molar-refractivity contribution is 14.2. The second kappa shape index (κ2) is 5.87. The van der Waals surface area contributed by atoms with Gasteiger partial charge in [0.1, 0.15) is 5.82 Å². The molecule has 0 spiro atoms. The zero-order valence-corrected chi connectivity index (χ0v) is 13.4. The van der Waals surface area contributed by atoms with E-state index in [-0.39, 0.29) is 0 Å². The molecule has 0 unspecified atom stereocenters. The fourth-order valence-electron chi connectivity index (χ4n) is 1.85. The zero-order chi connectivity index (χ0) is 14.0. The highest BCUT2D eigenvalue weighted by atomic mass is 127. The van der Waals surface area contributed by atoms with E-state index < -0.39 is 24.8 Å². The van der Waals surface area contributed by atoms with E-state index in [4.69, 9.17) is 5.21 Å². The largest absolute Gasteiger partial charge is 0.331 e. The van der Waals surface area contributed by atoms with E-state index in [1.54, 1.807) is 5.48 Å². The van der Waals surface area contributed by atoms with Gasteiger partial charge in [-0.2, -0.15) is 0 Å². The van der Waals surface area contributed by atoms with Gasteiger partial charge < -0.3 is 4.57 Å². The van der Waals surface area contributed by atoms with Crippen LogP contribution in [0.15, 0.2) is 10.2 Å². The smallest absolute Gasteiger partial charge is 0.267 e. The van der Waals surface area contributed by atoms with Crippen molar-refractivity contribution in [1.82, 2.24) is 15.0 Å². The Hall–Kier alpha value is -1.15. The number of carbonyl (C=O) groups is 1. The van der Waals surface area contributed by atoms with Crippen LogP contribution in [-0.4, -0.2) is 28.7 Å². The summed E-state index contributed by atoms with van der Waals surface area (Å²) in [5, 5.41) is 8.44. The van der Waals surface area contributed by atoms with Crippen molar-refractivity contribution in [3.8, 4) is 0 Å². The number of aromatic nitrogens is 2. The van der Waals surface area contributed by atoms with Crippen LogP contribution in [-0.2, 0) is 18.3 Å². The molecule has 0 bridgehead atoms. The minimum absolute atomic E-state index is 0.483. The normalized spacial score (nSPS) is 14.6. The van der Waals surface area contributed by atoms with Gasteiger partial charge in [-0.15, -0.1) is 18.9 Å². The van der Waals surface area contributed by atoms with Crippen LogP contribution in [0.5, 0.6) is 0 Å². The Morgan fingerprint density at radius 2 is 2.32 bits per heavy atom. The number of nitrogens with one attached hydrogen (secondary N) is 1. The predicted octanol–water partition coefficient (Wildman–Crippen LogP) is 1.46. The number of carbonyl (C=O) groups excluding carboxylic acids is 1. The first-order valence-corrected chi connectivity index (χ1v) is 9.78. The van der Waals surface area contributed by atoms with E-state index >= 15 is 0 Å². The van der Waals surface area contributed by atoms with Gasteiger partial charge in [0, 0.05) is 19.5 Å². The van der Waals surface area contributed by atoms with Crippen LogP contribution in [0, 0.1) is 5.92 Å². The van der Waals surface area contributed by atoms with Gasteiger partial charge in [0.15, 0.2) is 0 Å². The number of nitrogens with zero attached hydrogens (tertiary/aromatic N) is 2. The predicted molar refractivity (Wildman–Crippen MR) is 85.2 cm³/mol. The molecule has 2 rings (SSSR count). The second-order valence-electron chi connectivity index (χ2n) is 4.82. The summed E-state index contributed by atoms with van der Waals surface area (Å²) in [6, 6.07) is 0. The lowest BCUT2D eigenvalue weighted by atomic mass is 10.1. The molecule has 0 atom stereocenters. The van der Waals surface area contributed by atoms with Gasteiger partial charge in [-0.3, -0.25) is 10.0 Å². The summed E-state index contributed by atoms with van der Waals surface area (Å²) in [6.07, 6.45) is 2.36. The van der Waals surface area contributed by atoms with Crippen LogP contribution in [0.1, 0.15) is 31.1 Å². The third-order valence-electron chi connectivity index (χ3n) is 2.78. The Labute approximate surface area is 118 Å². The number of imidazole rings is 1. The molecule has 6 heteroatoms. The van der Waals surface area contributed by atoms with E-state index in [2.05, 4.69) is 31.4 Å². The first kappa shape index (κ1) is 14.3. The molecule has 2 N–H and O–H groups in total. The molecule has 19 heavy (non-hydrogen) atoms. The summed E-state index contributed by atoms with van der Waals surface area (Å²) in [6.45, 7) is 4.37. The quantitative estimate of drug-likeness (QED) is 0.363. The fourth-order valence-corrected chi connectivity index (χ4v) is 5.74.